The molecule has 0 radical (unpaired) electrons. The summed E-state index contributed by atoms with van der Waals surface area (Å²) in [4.78, 5) is 13.8. The number of anilines is 1. The van der Waals surface area contributed by atoms with Crippen molar-refractivity contribution in [2.24, 2.45) is 0 Å². The summed E-state index contributed by atoms with van der Waals surface area (Å²) in [7, 11) is -4.37. The van der Waals surface area contributed by atoms with Crippen molar-refractivity contribution in [3.05, 3.63) is 12.7 Å². The summed E-state index contributed by atoms with van der Waals surface area (Å²) in [5.41, 5.74) is 2.58. The standard InChI is InChI=1S/C18H35N5Si3/c1-8-25(9-2)14-23(26(10-3,11-4)15-25)18-16-17(20-12-19-16)21-13-22(18)24(5,6)7/h12-13H,8-11,14-15H2,1-7H3. The SMILES string of the molecule is CC[Si]1(CC)CN(c2c3ncnc-3ncn2[Si](C)(C)C)[Si](CC)(CC)C1. The minimum absolute atomic E-state index is 0.816. The Labute approximate surface area is 161 Å². The number of imidazole rings is 1. The van der Waals surface area contributed by atoms with Crippen LogP contribution in [0.2, 0.25) is 49.5 Å². The lowest BCUT2D eigenvalue weighted by molar-refractivity contribution is 0.963. The van der Waals surface area contributed by atoms with Crippen LogP contribution in [-0.2, 0) is 0 Å². The van der Waals surface area contributed by atoms with Gasteiger partial charge in [0, 0.05) is 6.17 Å². The fraction of sp³-hybridized carbons (Fsp3) is 0.722. The van der Waals surface area contributed by atoms with E-state index in [-0.39, 0.29) is 0 Å². The molecular weight excluding hydrogens is 370 g/mol. The average molecular weight is 406 g/mol. The topological polar surface area (TPSA) is 46.8 Å². The maximum atomic E-state index is 4.69. The van der Waals surface area contributed by atoms with Crippen molar-refractivity contribution in [3.63, 3.8) is 0 Å². The molecule has 144 valence electrons. The van der Waals surface area contributed by atoms with Crippen LogP contribution in [0, 0.1) is 0 Å². The predicted molar refractivity (Wildman–Crippen MR) is 119 cm³/mol. The van der Waals surface area contributed by atoms with Crippen molar-refractivity contribution < 1.29 is 0 Å². The molecule has 0 bridgehead atoms. The minimum atomic E-state index is -1.61. The van der Waals surface area contributed by atoms with Crippen molar-refractivity contribution in [3.8, 4) is 11.5 Å². The summed E-state index contributed by atoms with van der Waals surface area (Å²) < 4.78 is 5.41. The van der Waals surface area contributed by atoms with Gasteiger partial charge in [0.25, 0.3) is 0 Å². The van der Waals surface area contributed by atoms with Crippen LogP contribution < -0.4 is 4.57 Å². The Morgan fingerprint density at radius 1 is 0.962 bits per heavy atom. The van der Waals surface area contributed by atoms with Crippen molar-refractivity contribution in [1.29, 1.82) is 0 Å². The highest BCUT2D eigenvalue weighted by Gasteiger charge is 2.54. The summed E-state index contributed by atoms with van der Waals surface area (Å²) in [6.45, 7) is 17.0. The van der Waals surface area contributed by atoms with Gasteiger partial charge in [-0.05, 0) is 17.8 Å². The van der Waals surface area contributed by atoms with Crippen LogP contribution in [-0.4, -0.2) is 49.9 Å². The van der Waals surface area contributed by atoms with E-state index in [9.17, 15) is 0 Å². The van der Waals surface area contributed by atoms with Crippen LogP contribution in [0.3, 0.4) is 0 Å². The van der Waals surface area contributed by atoms with Gasteiger partial charge in [-0.25, -0.2) is 15.0 Å². The first-order valence-corrected chi connectivity index (χ1v) is 19.1. The molecule has 0 N–H and O–H groups in total. The Morgan fingerprint density at radius 3 is 2.15 bits per heavy atom. The monoisotopic (exact) mass is 405 g/mol. The first kappa shape index (κ1) is 19.8. The molecule has 0 aromatic carbocycles. The van der Waals surface area contributed by atoms with E-state index in [4.69, 9.17) is 4.98 Å². The quantitative estimate of drug-likeness (QED) is 0.646. The molecule has 26 heavy (non-hydrogen) atoms. The fourth-order valence-electron chi connectivity index (χ4n) is 4.80. The molecule has 3 aliphatic heterocycles. The number of rotatable bonds is 6. The number of fused-ring (bicyclic) bond motifs is 1. The van der Waals surface area contributed by atoms with Gasteiger partial charge >= 0.3 is 0 Å². The number of hydrogen-bond acceptors (Lipinski definition) is 4. The highest BCUT2D eigenvalue weighted by atomic mass is 28.4. The molecule has 8 heteroatoms. The molecule has 1 fully saturated rings. The third-order valence-electron chi connectivity index (χ3n) is 6.88. The maximum absolute atomic E-state index is 4.69. The summed E-state index contributed by atoms with van der Waals surface area (Å²) in [6.07, 6.45) is 5.06. The maximum Gasteiger partial charge on any atom is 0.184 e. The Bertz CT molecular complexity index is 731. The number of nitrogens with zero attached hydrogens (tertiary/aromatic N) is 5. The van der Waals surface area contributed by atoms with Crippen LogP contribution >= 0.6 is 0 Å². The number of hydrogen-bond donors (Lipinski definition) is 0. The second kappa shape index (κ2) is 6.87. The van der Waals surface area contributed by atoms with E-state index in [1.54, 1.807) is 12.0 Å². The second-order valence-electron chi connectivity index (χ2n) is 9.06. The van der Waals surface area contributed by atoms with E-state index in [1.807, 2.05) is 0 Å². The van der Waals surface area contributed by atoms with Crippen molar-refractivity contribution in [2.45, 2.75) is 77.2 Å². The van der Waals surface area contributed by atoms with Gasteiger partial charge in [-0.1, -0.05) is 59.4 Å². The van der Waals surface area contributed by atoms with E-state index < -0.39 is 24.5 Å². The first-order chi connectivity index (χ1) is 12.3. The lowest BCUT2D eigenvalue weighted by atomic mass is 10.4. The highest BCUT2D eigenvalue weighted by molar-refractivity contribution is 7.04. The van der Waals surface area contributed by atoms with Gasteiger partial charge in [-0.3, -0.25) is 0 Å². The molecule has 5 nitrogen and oxygen atoms in total. The average Bonchev–Trinajstić information content (AvgIpc) is 3.23. The van der Waals surface area contributed by atoms with E-state index in [1.165, 1.54) is 36.2 Å². The van der Waals surface area contributed by atoms with Crippen molar-refractivity contribution in [1.82, 2.24) is 19.2 Å². The normalized spacial score (nSPS) is 19.4. The zero-order valence-electron chi connectivity index (χ0n) is 17.6. The van der Waals surface area contributed by atoms with Gasteiger partial charge < -0.3 is 8.80 Å². The molecular formula is C18H35N5Si3. The molecule has 0 spiro atoms. The first-order valence-electron chi connectivity index (χ1n) is 10.2. The van der Waals surface area contributed by atoms with E-state index in [2.05, 4.69) is 72.4 Å². The Hall–Kier alpha value is -0.999. The zero-order valence-corrected chi connectivity index (χ0v) is 20.6. The molecule has 0 aromatic heterocycles. The van der Waals surface area contributed by atoms with Gasteiger partial charge in [-0.15, -0.1) is 0 Å². The predicted octanol–water partition coefficient (Wildman–Crippen LogP) is 4.83. The van der Waals surface area contributed by atoms with Gasteiger partial charge in [0.1, 0.15) is 17.8 Å². The van der Waals surface area contributed by atoms with Gasteiger partial charge in [0.15, 0.2) is 22.3 Å². The third kappa shape index (κ3) is 2.99. The molecule has 3 rings (SSSR count). The van der Waals surface area contributed by atoms with Crippen molar-refractivity contribution >= 4 is 30.4 Å². The van der Waals surface area contributed by atoms with E-state index in [0.29, 0.717) is 0 Å². The molecule has 1 saturated heterocycles. The largest absolute Gasteiger partial charge is 0.385 e. The van der Waals surface area contributed by atoms with E-state index in [0.717, 1.165) is 11.5 Å². The summed E-state index contributed by atoms with van der Waals surface area (Å²) in [5.74, 6) is 2.18. The van der Waals surface area contributed by atoms with E-state index >= 15 is 0 Å². The molecule has 0 aliphatic carbocycles. The Morgan fingerprint density at radius 2 is 1.62 bits per heavy atom. The van der Waals surface area contributed by atoms with Gasteiger partial charge in [-0.2, -0.15) is 0 Å². The Kier molecular flexibility index (Phi) is 5.22. The molecule has 0 amide bonds. The molecule has 3 heterocycles. The van der Waals surface area contributed by atoms with Crippen LogP contribution in [0.5, 0.6) is 0 Å². The van der Waals surface area contributed by atoms with Crippen molar-refractivity contribution in [2.75, 3.05) is 10.7 Å². The smallest absolute Gasteiger partial charge is 0.184 e. The molecule has 3 aliphatic rings. The zero-order chi connectivity index (χ0) is 19.2. The molecule has 0 atom stereocenters. The minimum Gasteiger partial charge on any atom is -0.385 e. The van der Waals surface area contributed by atoms with Crippen LogP contribution in [0.4, 0.5) is 5.82 Å². The van der Waals surface area contributed by atoms with Crippen LogP contribution in [0.1, 0.15) is 27.7 Å². The van der Waals surface area contributed by atoms with Crippen LogP contribution in [0.15, 0.2) is 12.7 Å². The van der Waals surface area contributed by atoms with Crippen LogP contribution in [0.25, 0.3) is 11.5 Å². The summed E-state index contributed by atoms with van der Waals surface area (Å²) in [6, 6.07) is 5.48. The summed E-state index contributed by atoms with van der Waals surface area (Å²) in [5, 5.41) is 0. The second-order valence-corrected chi connectivity index (χ2v) is 24.4. The number of aromatic nitrogens is 4. The lowest BCUT2D eigenvalue weighted by Gasteiger charge is -2.41. The Balaban J connectivity index is 2.25. The molecule has 0 saturated carbocycles. The third-order valence-corrected chi connectivity index (χ3v) is 22.7. The van der Waals surface area contributed by atoms with Gasteiger partial charge in [0.05, 0.1) is 14.4 Å². The lowest BCUT2D eigenvalue weighted by Crippen LogP contribution is -2.51. The molecule has 0 unspecified atom stereocenters. The van der Waals surface area contributed by atoms with Gasteiger partial charge in [0.2, 0.25) is 0 Å². The molecule has 0 aromatic rings. The fourth-order valence-corrected chi connectivity index (χ4v) is 23.0. The summed E-state index contributed by atoms with van der Waals surface area (Å²) >= 11 is 0. The highest BCUT2D eigenvalue weighted by Crippen LogP contribution is 2.46.